The van der Waals surface area contributed by atoms with Crippen LogP contribution in [0, 0.1) is 0 Å². The van der Waals surface area contributed by atoms with Crippen LogP contribution in [0.2, 0.25) is 0 Å². The van der Waals surface area contributed by atoms with Crippen LogP contribution in [0.15, 0.2) is 0 Å². The van der Waals surface area contributed by atoms with Crippen LogP contribution in [-0.4, -0.2) is 51.5 Å². The zero-order valence-electron chi connectivity index (χ0n) is 8.07. The fourth-order valence-corrected chi connectivity index (χ4v) is 1.93. The Morgan fingerprint density at radius 3 is 2.73 bits per heavy atom. The molecule has 0 bridgehead atoms. The normalized spacial score (nSPS) is 22.5. The Labute approximate surface area is 86.9 Å². The number of aliphatic hydroxyl groups excluding tert-OH is 1. The van der Waals surface area contributed by atoms with E-state index in [2.05, 4.69) is 4.52 Å². The van der Waals surface area contributed by atoms with Gasteiger partial charge in [0.05, 0.1) is 19.3 Å². The van der Waals surface area contributed by atoms with Gasteiger partial charge in [0.2, 0.25) is 5.91 Å². The van der Waals surface area contributed by atoms with Crippen LogP contribution in [0.5, 0.6) is 0 Å². The van der Waals surface area contributed by atoms with Gasteiger partial charge in [-0.2, -0.15) is 0 Å². The second-order valence-corrected chi connectivity index (χ2v) is 4.53. The van der Waals surface area contributed by atoms with E-state index in [0.717, 1.165) is 0 Å². The number of hydrogen-bond acceptors (Lipinski definition) is 4. The van der Waals surface area contributed by atoms with Crippen molar-refractivity contribution in [3.8, 4) is 0 Å². The van der Waals surface area contributed by atoms with Gasteiger partial charge in [0.1, 0.15) is 0 Å². The Hall–Kier alpha value is -0.460. The standard InChI is InChI=1S/C7H14NO6P/c9-4-3-8-6(1-2-7(8)10)5-14-15(11,12)13/h6,9H,1-5H2,(H2,11,12,13). The summed E-state index contributed by atoms with van der Waals surface area (Å²) < 4.78 is 14.8. The van der Waals surface area contributed by atoms with Crippen molar-refractivity contribution in [2.75, 3.05) is 19.8 Å². The molecule has 0 saturated carbocycles. The highest BCUT2D eigenvalue weighted by Crippen LogP contribution is 2.36. The number of hydrogen-bond donors (Lipinski definition) is 3. The largest absolute Gasteiger partial charge is 0.469 e. The second-order valence-electron chi connectivity index (χ2n) is 3.29. The number of phosphoric ester groups is 1. The Morgan fingerprint density at radius 2 is 2.20 bits per heavy atom. The predicted octanol–water partition coefficient (Wildman–Crippen LogP) is -0.921. The van der Waals surface area contributed by atoms with E-state index in [0.29, 0.717) is 12.8 Å². The molecule has 1 rings (SSSR count). The summed E-state index contributed by atoms with van der Waals surface area (Å²) in [6.45, 7) is -0.192. The van der Waals surface area contributed by atoms with Crippen molar-refractivity contribution in [1.82, 2.24) is 4.90 Å². The Kier molecular flexibility index (Phi) is 4.24. The van der Waals surface area contributed by atoms with Crippen molar-refractivity contribution in [2.45, 2.75) is 18.9 Å². The summed E-state index contributed by atoms with van der Waals surface area (Å²) in [6.07, 6.45) is 0.827. The molecule has 0 radical (unpaired) electrons. The first-order valence-electron chi connectivity index (χ1n) is 4.54. The number of aliphatic hydroxyl groups is 1. The molecule has 1 saturated heterocycles. The molecule has 1 fully saturated rings. The highest BCUT2D eigenvalue weighted by atomic mass is 31.2. The molecule has 15 heavy (non-hydrogen) atoms. The molecule has 88 valence electrons. The summed E-state index contributed by atoms with van der Waals surface area (Å²) in [5.74, 6) is -0.122. The van der Waals surface area contributed by atoms with Crippen LogP contribution in [0.25, 0.3) is 0 Å². The molecule has 7 nitrogen and oxygen atoms in total. The van der Waals surface area contributed by atoms with Crippen LogP contribution >= 0.6 is 7.82 Å². The number of phosphoric acid groups is 1. The molecule has 1 amide bonds. The summed E-state index contributed by atoms with van der Waals surface area (Å²) in [5.41, 5.74) is 0. The first-order valence-corrected chi connectivity index (χ1v) is 6.07. The molecule has 1 aliphatic heterocycles. The van der Waals surface area contributed by atoms with Crippen molar-refractivity contribution in [1.29, 1.82) is 0 Å². The molecule has 1 heterocycles. The van der Waals surface area contributed by atoms with Gasteiger partial charge in [-0.15, -0.1) is 0 Å². The van der Waals surface area contributed by atoms with E-state index in [1.807, 2.05) is 0 Å². The zero-order valence-corrected chi connectivity index (χ0v) is 8.97. The minimum absolute atomic E-state index is 0.122. The van der Waals surface area contributed by atoms with E-state index < -0.39 is 7.82 Å². The quantitative estimate of drug-likeness (QED) is 0.535. The second kappa shape index (κ2) is 5.05. The van der Waals surface area contributed by atoms with E-state index >= 15 is 0 Å². The maximum Gasteiger partial charge on any atom is 0.469 e. The maximum atomic E-state index is 11.3. The van der Waals surface area contributed by atoms with Crippen LogP contribution in [0.4, 0.5) is 0 Å². The van der Waals surface area contributed by atoms with Crippen LogP contribution in [-0.2, 0) is 13.9 Å². The fraction of sp³-hybridized carbons (Fsp3) is 0.857. The first kappa shape index (κ1) is 12.6. The molecule has 0 spiro atoms. The maximum absolute atomic E-state index is 11.3. The van der Waals surface area contributed by atoms with Gasteiger partial charge < -0.3 is 19.8 Å². The lowest BCUT2D eigenvalue weighted by atomic mass is 10.2. The number of carbonyl (C=O) groups is 1. The summed E-state index contributed by atoms with van der Waals surface area (Å²) in [7, 11) is -4.48. The van der Waals surface area contributed by atoms with Crippen molar-refractivity contribution >= 4 is 13.7 Å². The molecule has 1 unspecified atom stereocenters. The third kappa shape index (κ3) is 3.89. The van der Waals surface area contributed by atoms with Gasteiger partial charge in [-0.25, -0.2) is 4.57 Å². The third-order valence-electron chi connectivity index (χ3n) is 2.23. The van der Waals surface area contributed by atoms with Gasteiger partial charge >= 0.3 is 7.82 Å². The minimum Gasteiger partial charge on any atom is -0.395 e. The summed E-state index contributed by atoms with van der Waals surface area (Å²) in [4.78, 5) is 29.6. The molecular formula is C7H14NO6P. The van der Waals surface area contributed by atoms with Crippen LogP contribution in [0.1, 0.15) is 12.8 Å². The molecule has 3 N–H and O–H groups in total. The van der Waals surface area contributed by atoms with Crippen molar-refractivity contribution < 1.29 is 28.8 Å². The average Bonchev–Trinajstić information content (AvgIpc) is 2.45. The first-order chi connectivity index (χ1) is 6.94. The fourth-order valence-electron chi connectivity index (χ4n) is 1.56. The third-order valence-corrected chi connectivity index (χ3v) is 2.71. The lowest BCUT2D eigenvalue weighted by molar-refractivity contribution is -0.129. The summed E-state index contributed by atoms with van der Waals surface area (Å²) in [5, 5.41) is 8.70. The van der Waals surface area contributed by atoms with E-state index in [4.69, 9.17) is 14.9 Å². The molecule has 0 aromatic heterocycles. The molecule has 0 aromatic rings. The summed E-state index contributed by atoms with van der Waals surface area (Å²) in [6, 6.07) is -0.350. The van der Waals surface area contributed by atoms with Crippen molar-refractivity contribution in [2.24, 2.45) is 0 Å². The SMILES string of the molecule is O=C1CCC(COP(=O)(O)O)N1CCO. The van der Waals surface area contributed by atoms with Gasteiger partial charge in [0.25, 0.3) is 0 Å². The van der Waals surface area contributed by atoms with Gasteiger partial charge in [0, 0.05) is 13.0 Å². The Bertz CT molecular complexity index is 277. The topological polar surface area (TPSA) is 107 Å². The van der Waals surface area contributed by atoms with Crippen molar-refractivity contribution in [3.63, 3.8) is 0 Å². The van der Waals surface area contributed by atoms with E-state index in [9.17, 15) is 9.36 Å². The monoisotopic (exact) mass is 239 g/mol. The molecule has 1 atom stereocenters. The van der Waals surface area contributed by atoms with Gasteiger partial charge in [-0.05, 0) is 6.42 Å². The number of amides is 1. The highest BCUT2D eigenvalue weighted by Gasteiger charge is 2.32. The van der Waals surface area contributed by atoms with Crippen molar-refractivity contribution in [3.05, 3.63) is 0 Å². The molecule has 0 aliphatic carbocycles. The predicted molar refractivity (Wildman–Crippen MR) is 49.8 cm³/mol. The Morgan fingerprint density at radius 1 is 1.53 bits per heavy atom. The molecule has 8 heteroatoms. The van der Waals surface area contributed by atoms with Crippen LogP contribution < -0.4 is 0 Å². The molecule has 1 aliphatic rings. The molecule has 0 aromatic carbocycles. The zero-order chi connectivity index (χ0) is 11.5. The average molecular weight is 239 g/mol. The number of carbonyl (C=O) groups excluding carboxylic acids is 1. The summed E-state index contributed by atoms with van der Waals surface area (Å²) >= 11 is 0. The number of rotatable bonds is 5. The van der Waals surface area contributed by atoms with E-state index in [1.54, 1.807) is 0 Å². The van der Waals surface area contributed by atoms with E-state index in [1.165, 1.54) is 4.90 Å². The van der Waals surface area contributed by atoms with Gasteiger partial charge in [0.15, 0.2) is 0 Å². The lowest BCUT2D eigenvalue weighted by Crippen LogP contribution is -2.37. The van der Waals surface area contributed by atoms with E-state index in [-0.39, 0.29) is 31.7 Å². The Balaban J connectivity index is 2.47. The van der Waals surface area contributed by atoms with Gasteiger partial charge in [-0.3, -0.25) is 9.32 Å². The highest BCUT2D eigenvalue weighted by molar-refractivity contribution is 7.46. The number of β-amino-alcohol motifs (C(OH)–C–C–N with tert-alkyl or cyclic N) is 1. The van der Waals surface area contributed by atoms with Gasteiger partial charge in [-0.1, -0.05) is 0 Å². The number of nitrogens with zero attached hydrogens (tertiary/aromatic N) is 1. The lowest BCUT2D eigenvalue weighted by Gasteiger charge is -2.23. The molecular weight excluding hydrogens is 225 g/mol. The smallest absolute Gasteiger partial charge is 0.395 e. The number of likely N-dealkylation sites (tertiary alicyclic amines) is 1. The van der Waals surface area contributed by atoms with Crippen LogP contribution in [0.3, 0.4) is 0 Å². The minimum atomic E-state index is -4.48.